The number of rotatable bonds is 0. The van der Waals surface area contributed by atoms with Crippen LogP contribution >= 0.6 is 0 Å². The van der Waals surface area contributed by atoms with Crippen molar-refractivity contribution in [1.82, 2.24) is 4.90 Å². The zero-order valence-corrected chi connectivity index (χ0v) is 14.5. The Labute approximate surface area is 127 Å². The first-order valence-electron chi connectivity index (χ1n) is 3.25. The second-order valence-corrected chi connectivity index (χ2v) is 2.34. The van der Waals surface area contributed by atoms with Crippen molar-refractivity contribution in [3.05, 3.63) is 33.2 Å². The Morgan fingerprint density at radius 2 is 2.00 bits per heavy atom. The third-order valence-electron chi connectivity index (χ3n) is 1.69. The maximum atomic E-state index is 10.7. The Hall–Kier alpha value is 0.622. The SMILES string of the molecule is [C-]#[N+][C@@H]1CCCN1C([CH2-])=O.[CH3-].[CH3-].[W+2].[Y]. The van der Waals surface area contributed by atoms with Crippen LogP contribution in [0.2, 0.25) is 0 Å². The van der Waals surface area contributed by atoms with E-state index in [4.69, 9.17) is 6.57 Å². The summed E-state index contributed by atoms with van der Waals surface area (Å²) in [6, 6.07) is 0. The average molecular weight is 440 g/mol. The van der Waals surface area contributed by atoms with E-state index in [2.05, 4.69) is 11.8 Å². The molecule has 1 saturated heterocycles. The minimum atomic E-state index is -0.231. The van der Waals surface area contributed by atoms with Gasteiger partial charge in [0.15, 0.2) is 0 Å². The van der Waals surface area contributed by atoms with E-state index in [1.54, 1.807) is 0 Å². The normalized spacial score (nSPS) is 17.4. The molecule has 14 heavy (non-hydrogen) atoms. The fourth-order valence-corrected chi connectivity index (χ4v) is 1.17. The van der Waals surface area contributed by atoms with E-state index in [1.165, 1.54) is 4.90 Å². The minimum absolute atomic E-state index is 0. The third-order valence-corrected chi connectivity index (χ3v) is 1.69. The first-order valence-corrected chi connectivity index (χ1v) is 3.25. The molecule has 0 spiro atoms. The van der Waals surface area contributed by atoms with Crippen molar-refractivity contribution in [2.75, 3.05) is 6.54 Å². The Balaban J connectivity index is -0.000000125. The molecule has 0 N–H and O–H groups in total. The summed E-state index contributed by atoms with van der Waals surface area (Å²) in [5.74, 6) is -0.224. The molecule has 0 aromatic rings. The molecule has 1 heterocycles. The molecule has 1 atom stereocenters. The van der Waals surface area contributed by atoms with Crippen LogP contribution in [-0.2, 0) is 58.6 Å². The number of carbonyl (C=O) groups excluding carboxylic acids is 1. The average Bonchev–Trinajstić information content (AvgIpc) is 2.33. The van der Waals surface area contributed by atoms with Crippen LogP contribution in [0, 0.1) is 28.3 Å². The summed E-state index contributed by atoms with van der Waals surface area (Å²) < 4.78 is 0. The van der Waals surface area contributed by atoms with Crippen LogP contribution in [0.15, 0.2) is 0 Å². The molecule has 0 aliphatic carbocycles. The fraction of sp³-hybridized carbons (Fsp3) is 0.444. The first kappa shape index (κ1) is 24.0. The van der Waals surface area contributed by atoms with Crippen LogP contribution in [0.4, 0.5) is 0 Å². The Kier molecular flexibility index (Phi) is 20.1. The monoisotopic (exact) mass is 440 g/mol. The second kappa shape index (κ2) is 11.7. The van der Waals surface area contributed by atoms with Gasteiger partial charge in [-0.2, -0.15) is 0 Å². The van der Waals surface area contributed by atoms with Crippen LogP contribution in [0.1, 0.15) is 12.8 Å². The van der Waals surface area contributed by atoms with Crippen molar-refractivity contribution < 1.29 is 58.6 Å². The molecule has 1 rings (SSSR count). The molecule has 0 saturated carbocycles. The molecule has 3 nitrogen and oxygen atoms in total. The van der Waals surface area contributed by atoms with Crippen molar-refractivity contribution in [2.45, 2.75) is 19.0 Å². The molecule has 77 valence electrons. The van der Waals surface area contributed by atoms with Crippen LogP contribution in [-0.4, -0.2) is 23.5 Å². The van der Waals surface area contributed by atoms with Crippen LogP contribution in [0.3, 0.4) is 0 Å². The largest absolute Gasteiger partial charge is 2.00 e. The molecule has 0 aromatic heterocycles. The summed E-state index contributed by atoms with van der Waals surface area (Å²) in [6.07, 6.45) is 1.52. The summed E-state index contributed by atoms with van der Waals surface area (Å²) in [5.41, 5.74) is 0. The molecule has 0 unspecified atom stereocenters. The summed E-state index contributed by atoms with van der Waals surface area (Å²) >= 11 is 0. The number of nitrogens with zero attached hydrogens (tertiary/aromatic N) is 2. The van der Waals surface area contributed by atoms with Crippen molar-refractivity contribution >= 4 is 5.91 Å². The number of amides is 1. The molecular formula is C9H15N2OWY-. The minimum Gasteiger partial charge on any atom is -0.358 e. The zero-order valence-electron chi connectivity index (χ0n) is 8.69. The Morgan fingerprint density at radius 1 is 1.50 bits per heavy atom. The van der Waals surface area contributed by atoms with E-state index < -0.39 is 0 Å². The quantitative estimate of drug-likeness (QED) is 0.526. The molecule has 1 fully saturated rings. The smallest absolute Gasteiger partial charge is 0.358 e. The maximum Gasteiger partial charge on any atom is 2.00 e. The van der Waals surface area contributed by atoms with Gasteiger partial charge in [-0.05, 0) is 6.42 Å². The summed E-state index contributed by atoms with van der Waals surface area (Å²) in [6.45, 7) is 10.7. The van der Waals surface area contributed by atoms with Gasteiger partial charge in [-0.15, -0.1) is 0 Å². The predicted octanol–water partition coefficient (Wildman–Crippen LogP) is 1.58. The number of carbonyl (C=O) groups is 1. The second-order valence-electron chi connectivity index (χ2n) is 2.34. The first-order chi connectivity index (χ1) is 4.75. The molecular weight excluding hydrogens is 425 g/mol. The van der Waals surface area contributed by atoms with E-state index in [-0.39, 0.29) is 80.7 Å². The zero-order chi connectivity index (χ0) is 7.56. The molecule has 1 amide bonds. The van der Waals surface area contributed by atoms with E-state index in [9.17, 15) is 4.79 Å². The van der Waals surface area contributed by atoms with E-state index in [0.717, 1.165) is 12.8 Å². The van der Waals surface area contributed by atoms with Crippen molar-refractivity contribution in [2.24, 2.45) is 0 Å². The van der Waals surface area contributed by atoms with E-state index in [1.807, 2.05) is 0 Å². The molecule has 1 aliphatic heterocycles. The topological polar surface area (TPSA) is 24.7 Å². The van der Waals surface area contributed by atoms with Gasteiger partial charge in [0.25, 0.3) is 6.17 Å². The summed E-state index contributed by atoms with van der Waals surface area (Å²) in [5, 5.41) is 0. The van der Waals surface area contributed by atoms with Crippen molar-refractivity contribution in [1.29, 1.82) is 0 Å². The van der Waals surface area contributed by atoms with Gasteiger partial charge in [-0.1, -0.05) is 0 Å². The molecule has 0 aromatic carbocycles. The standard InChI is InChI=1S/C7H9N2O.2CH3.W.Y/c1-6(10)9-5-3-4-7(9)8-2;;;;/h7H,1,3-5H2;2*1H3;;/q3*-1;+2;/t7-;;;;/m0..../s1. The van der Waals surface area contributed by atoms with Gasteiger partial charge >= 0.3 is 21.1 Å². The van der Waals surface area contributed by atoms with Crippen molar-refractivity contribution in [3.8, 4) is 0 Å². The van der Waals surface area contributed by atoms with E-state index in [0.29, 0.717) is 6.54 Å². The molecule has 0 bridgehead atoms. The number of hydrogen-bond donors (Lipinski definition) is 0. The van der Waals surface area contributed by atoms with Crippen LogP contribution < -0.4 is 0 Å². The predicted molar refractivity (Wildman–Crippen MR) is 49.5 cm³/mol. The van der Waals surface area contributed by atoms with Gasteiger partial charge in [0.2, 0.25) is 0 Å². The van der Waals surface area contributed by atoms with Gasteiger partial charge in [0.1, 0.15) is 0 Å². The van der Waals surface area contributed by atoms with Crippen molar-refractivity contribution in [3.63, 3.8) is 0 Å². The Bertz CT molecular complexity index is 194. The summed E-state index contributed by atoms with van der Waals surface area (Å²) in [4.78, 5) is 15.5. The van der Waals surface area contributed by atoms with Crippen LogP contribution in [0.5, 0.6) is 0 Å². The van der Waals surface area contributed by atoms with Gasteiger partial charge < -0.3 is 26.6 Å². The molecule has 5 heteroatoms. The molecule has 1 radical (unpaired) electrons. The van der Waals surface area contributed by atoms with Gasteiger partial charge in [0.05, 0.1) is 5.91 Å². The number of hydrogen-bond acceptors (Lipinski definition) is 1. The maximum absolute atomic E-state index is 10.7. The fourth-order valence-electron chi connectivity index (χ4n) is 1.17. The van der Waals surface area contributed by atoms with Gasteiger partial charge in [-0.3, -0.25) is 9.74 Å². The van der Waals surface area contributed by atoms with Gasteiger partial charge in [-0.25, -0.2) is 6.57 Å². The summed E-state index contributed by atoms with van der Waals surface area (Å²) in [7, 11) is 0. The van der Waals surface area contributed by atoms with Gasteiger partial charge in [0, 0.05) is 45.7 Å². The van der Waals surface area contributed by atoms with E-state index >= 15 is 0 Å². The number of likely N-dealkylation sites (tertiary alicyclic amines) is 1. The Morgan fingerprint density at radius 3 is 2.29 bits per heavy atom. The third kappa shape index (κ3) is 6.17. The molecule has 1 aliphatic rings. The van der Waals surface area contributed by atoms with Crippen LogP contribution in [0.25, 0.3) is 4.85 Å².